The van der Waals surface area contributed by atoms with E-state index in [1.807, 2.05) is 20.8 Å². The molecule has 0 fully saturated rings. The van der Waals surface area contributed by atoms with Gasteiger partial charge in [0.1, 0.15) is 11.4 Å². The predicted molar refractivity (Wildman–Crippen MR) is 114 cm³/mol. The maximum Gasteiger partial charge on any atom is 0.415 e. The molecule has 1 aliphatic heterocycles. The van der Waals surface area contributed by atoms with Crippen LogP contribution in [0.5, 0.6) is 0 Å². The largest absolute Gasteiger partial charge is 0.443 e. The van der Waals surface area contributed by atoms with Crippen molar-refractivity contribution in [3.8, 4) is 0 Å². The molecule has 0 bridgehead atoms. The van der Waals surface area contributed by atoms with E-state index in [1.54, 1.807) is 17.0 Å². The Labute approximate surface area is 175 Å². The van der Waals surface area contributed by atoms with Crippen LogP contribution in [0.25, 0.3) is 0 Å². The van der Waals surface area contributed by atoms with E-state index in [1.165, 1.54) is 17.7 Å². The maximum absolute atomic E-state index is 13.4. The Kier molecular flexibility index (Phi) is 5.85. The molecule has 5 heteroatoms. The van der Waals surface area contributed by atoms with Crippen LogP contribution < -0.4 is 4.90 Å². The Bertz CT molecular complexity index is 871. The summed E-state index contributed by atoms with van der Waals surface area (Å²) in [6.45, 7) is 9.90. The second-order valence-electron chi connectivity index (χ2n) is 8.62. The second kappa shape index (κ2) is 7.86. The van der Waals surface area contributed by atoms with Gasteiger partial charge in [-0.15, -0.1) is 0 Å². The first-order valence-electron chi connectivity index (χ1n) is 9.67. The van der Waals surface area contributed by atoms with Crippen LogP contribution in [0.15, 0.2) is 40.9 Å². The van der Waals surface area contributed by atoms with Gasteiger partial charge in [-0.05, 0) is 90.4 Å². The molecule has 0 saturated carbocycles. The minimum atomic E-state index is -0.605. The van der Waals surface area contributed by atoms with Crippen LogP contribution in [0.3, 0.4) is 0 Å². The molecule has 0 N–H and O–H groups in total. The van der Waals surface area contributed by atoms with Gasteiger partial charge in [0, 0.05) is 4.47 Å². The smallest absolute Gasteiger partial charge is 0.415 e. The number of rotatable bonds is 2. The van der Waals surface area contributed by atoms with E-state index in [4.69, 9.17) is 4.74 Å². The molecule has 150 valence electrons. The molecule has 3 nitrogen and oxygen atoms in total. The lowest BCUT2D eigenvalue weighted by atomic mass is 9.89. The Morgan fingerprint density at radius 2 is 1.86 bits per heavy atom. The van der Waals surface area contributed by atoms with Crippen molar-refractivity contribution in [3.05, 3.63) is 63.4 Å². The summed E-state index contributed by atoms with van der Waals surface area (Å²) in [6.07, 6.45) is 1.21. The highest BCUT2D eigenvalue weighted by atomic mass is 79.9. The summed E-state index contributed by atoms with van der Waals surface area (Å²) in [5.74, 6) is 0.109. The van der Waals surface area contributed by atoms with Gasteiger partial charge in [0.15, 0.2) is 0 Å². The highest BCUT2D eigenvalue weighted by molar-refractivity contribution is 9.10. The minimum Gasteiger partial charge on any atom is -0.443 e. The maximum atomic E-state index is 13.4. The van der Waals surface area contributed by atoms with Crippen LogP contribution in [-0.4, -0.2) is 11.7 Å². The van der Waals surface area contributed by atoms with E-state index in [9.17, 15) is 9.18 Å². The summed E-state index contributed by atoms with van der Waals surface area (Å²) < 4.78 is 20.1. The molecule has 1 heterocycles. The van der Waals surface area contributed by atoms with Crippen molar-refractivity contribution >= 4 is 27.7 Å². The van der Waals surface area contributed by atoms with Gasteiger partial charge in [-0.3, -0.25) is 4.90 Å². The minimum absolute atomic E-state index is 0.204. The average molecular weight is 448 g/mol. The van der Waals surface area contributed by atoms with Gasteiger partial charge in [-0.1, -0.05) is 32.0 Å². The third-order valence-electron chi connectivity index (χ3n) is 4.92. The lowest BCUT2D eigenvalue weighted by Gasteiger charge is -2.39. The molecule has 0 radical (unpaired) electrons. The molecule has 0 saturated heterocycles. The number of hydrogen-bond acceptors (Lipinski definition) is 2. The van der Waals surface area contributed by atoms with E-state index in [0.717, 1.165) is 34.1 Å². The molecule has 3 rings (SSSR count). The monoisotopic (exact) mass is 447 g/mol. The van der Waals surface area contributed by atoms with Crippen LogP contribution in [0, 0.1) is 5.82 Å². The highest BCUT2D eigenvalue weighted by Crippen LogP contribution is 2.44. The number of carbonyl (C=O) groups excluding carboxylic acids is 1. The zero-order valence-corrected chi connectivity index (χ0v) is 18.6. The molecular formula is C23H27BrFNO2. The van der Waals surface area contributed by atoms with Crippen LogP contribution in [0.1, 0.15) is 69.7 Å². The van der Waals surface area contributed by atoms with E-state index < -0.39 is 5.60 Å². The lowest BCUT2D eigenvalue weighted by molar-refractivity contribution is 0.0559. The van der Waals surface area contributed by atoms with Gasteiger partial charge < -0.3 is 4.74 Å². The molecule has 1 unspecified atom stereocenters. The van der Waals surface area contributed by atoms with E-state index in [-0.39, 0.29) is 18.0 Å². The Balaban J connectivity index is 2.11. The first-order valence-corrected chi connectivity index (χ1v) is 10.5. The Hall–Kier alpha value is -1.88. The fourth-order valence-electron chi connectivity index (χ4n) is 3.58. The summed E-state index contributed by atoms with van der Waals surface area (Å²) in [5.41, 5.74) is 3.50. The first kappa shape index (κ1) is 20.8. The van der Waals surface area contributed by atoms with Gasteiger partial charge in [0.25, 0.3) is 0 Å². The third-order valence-corrected chi connectivity index (χ3v) is 5.52. The number of ether oxygens (including phenoxy) is 1. The number of anilines is 1. The summed E-state index contributed by atoms with van der Waals surface area (Å²) in [5, 5.41) is 0. The average Bonchev–Trinajstić information content (AvgIpc) is 2.59. The quantitative estimate of drug-likeness (QED) is 0.489. The van der Waals surface area contributed by atoms with Crippen molar-refractivity contribution in [3.63, 3.8) is 0 Å². The van der Waals surface area contributed by atoms with Gasteiger partial charge in [0.2, 0.25) is 0 Å². The molecule has 0 spiro atoms. The number of aryl methyl sites for hydroxylation is 1. The third kappa shape index (κ3) is 4.40. The number of amides is 1. The number of carbonyl (C=O) groups is 1. The molecular weight excluding hydrogens is 421 g/mol. The zero-order chi connectivity index (χ0) is 20.6. The number of benzene rings is 2. The molecule has 1 aliphatic rings. The first-order chi connectivity index (χ1) is 13.1. The molecule has 1 atom stereocenters. The van der Waals surface area contributed by atoms with Crippen LogP contribution >= 0.6 is 15.9 Å². The van der Waals surface area contributed by atoms with Crippen LogP contribution in [0.2, 0.25) is 0 Å². The summed E-state index contributed by atoms with van der Waals surface area (Å²) in [4.78, 5) is 14.9. The van der Waals surface area contributed by atoms with Crippen molar-refractivity contribution < 1.29 is 13.9 Å². The molecule has 2 aromatic rings. The fraction of sp³-hybridized carbons (Fsp3) is 0.435. The number of halogens is 2. The highest BCUT2D eigenvalue weighted by Gasteiger charge is 2.36. The lowest BCUT2D eigenvalue weighted by Crippen LogP contribution is -2.42. The zero-order valence-electron chi connectivity index (χ0n) is 17.1. The van der Waals surface area contributed by atoms with Gasteiger partial charge in [0.05, 0.1) is 11.7 Å². The normalized spacial score (nSPS) is 16.9. The summed E-state index contributed by atoms with van der Waals surface area (Å²) in [7, 11) is 0. The van der Waals surface area contributed by atoms with Crippen molar-refractivity contribution in [2.24, 2.45) is 0 Å². The molecule has 0 aliphatic carbocycles. The predicted octanol–water partition coefficient (Wildman–Crippen LogP) is 7.14. The van der Waals surface area contributed by atoms with Crippen LogP contribution in [0.4, 0.5) is 14.9 Å². The number of fused-ring (bicyclic) bond motifs is 1. The van der Waals surface area contributed by atoms with Crippen molar-refractivity contribution in [1.82, 2.24) is 0 Å². The van der Waals surface area contributed by atoms with E-state index in [2.05, 4.69) is 41.9 Å². The van der Waals surface area contributed by atoms with E-state index in [0.29, 0.717) is 5.92 Å². The van der Waals surface area contributed by atoms with Crippen LogP contribution in [-0.2, 0) is 11.2 Å². The Morgan fingerprint density at radius 3 is 2.43 bits per heavy atom. The second-order valence-corrected chi connectivity index (χ2v) is 9.48. The molecule has 1 amide bonds. The van der Waals surface area contributed by atoms with Gasteiger partial charge in [-0.2, -0.15) is 0 Å². The fourth-order valence-corrected chi connectivity index (χ4v) is 4.29. The van der Waals surface area contributed by atoms with Crippen molar-refractivity contribution in [2.45, 2.75) is 65.0 Å². The Morgan fingerprint density at radius 1 is 1.21 bits per heavy atom. The molecule has 28 heavy (non-hydrogen) atoms. The molecule has 0 aromatic heterocycles. The summed E-state index contributed by atoms with van der Waals surface area (Å²) in [6, 6.07) is 10.4. The summed E-state index contributed by atoms with van der Waals surface area (Å²) >= 11 is 3.69. The van der Waals surface area contributed by atoms with Gasteiger partial charge in [-0.25, -0.2) is 9.18 Å². The molecule has 2 aromatic carbocycles. The van der Waals surface area contributed by atoms with Crippen molar-refractivity contribution in [1.29, 1.82) is 0 Å². The van der Waals surface area contributed by atoms with E-state index >= 15 is 0 Å². The number of nitrogens with zero attached hydrogens (tertiary/aromatic N) is 1. The number of hydrogen-bond donors (Lipinski definition) is 0. The topological polar surface area (TPSA) is 29.5 Å². The van der Waals surface area contributed by atoms with Crippen molar-refractivity contribution in [2.75, 3.05) is 4.90 Å². The standard InChI is InChI=1S/C23H27BrFNO2/c1-14(2)17-12-16-8-11-20(15-6-9-18(25)10-7-15)26(21(16)19(24)13-17)22(27)28-23(3,4)5/h6-7,9-10,12-14,20H,8,11H2,1-5H3. The SMILES string of the molecule is CC(C)c1cc(Br)c2c(c1)CCC(c1ccc(F)cc1)N2C(=O)OC(C)(C)C. The van der Waals surface area contributed by atoms with Gasteiger partial charge >= 0.3 is 6.09 Å².